The Balaban J connectivity index is 2.68. The molecule has 0 atom stereocenters. The number of benzene rings is 1. The van der Waals surface area contributed by atoms with Gasteiger partial charge in [-0.3, -0.25) is 4.79 Å². The van der Waals surface area contributed by atoms with Gasteiger partial charge in [-0.1, -0.05) is 40.2 Å². The minimum Gasteiger partial charge on any atom is -0.427 e. The van der Waals surface area contributed by atoms with E-state index in [-0.39, 0.29) is 5.97 Å². The number of ether oxygens (including phenoxy) is 1. The highest BCUT2D eigenvalue weighted by atomic mass is 79.9. The summed E-state index contributed by atoms with van der Waals surface area (Å²) in [6.45, 7) is 1.39. The molecule has 0 aliphatic rings. The van der Waals surface area contributed by atoms with Gasteiger partial charge in [0.25, 0.3) is 0 Å². The molecule has 2 nitrogen and oxygen atoms in total. The molecule has 0 aliphatic carbocycles. The summed E-state index contributed by atoms with van der Waals surface area (Å²) in [7, 11) is 0. The van der Waals surface area contributed by atoms with Crippen molar-refractivity contribution >= 4 is 28.0 Å². The van der Waals surface area contributed by atoms with E-state index >= 15 is 0 Å². The van der Waals surface area contributed by atoms with Crippen molar-refractivity contribution in [3.63, 3.8) is 0 Å². The minimum absolute atomic E-state index is 0.297. The van der Waals surface area contributed by atoms with Crippen molar-refractivity contribution in [2.24, 2.45) is 0 Å². The normalized spacial score (nSPS) is 10.4. The van der Waals surface area contributed by atoms with Gasteiger partial charge in [-0.25, -0.2) is 0 Å². The molecule has 0 saturated heterocycles. The maximum absolute atomic E-state index is 10.6. The van der Waals surface area contributed by atoms with Gasteiger partial charge in [0.2, 0.25) is 0 Å². The summed E-state index contributed by atoms with van der Waals surface area (Å²) < 4.78 is 4.90. The lowest BCUT2D eigenvalue weighted by Gasteiger charge is -2.00. The number of allylic oxidation sites excluding steroid dienone is 1. The van der Waals surface area contributed by atoms with Crippen molar-refractivity contribution in [2.75, 3.05) is 5.33 Å². The van der Waals surface area contributed by atoms with Gasteiger partial charge >= 0.3 is 5.97 Å². The Morgan fingerprint density at radius 1 is 1.43 bits per heavy atom. The molecule has 3 heteroatoms. The summed E-state index contributed by atoms with van der Waals surface area (Å²) >= 11 is 3.30. The van der Waals surface area contributed by atoms with Gasteiger partial charge in [-0.05, 0) is 17.7 Å². The summed E-state index contributed by atoms with van der Waals surface area (Å²) in [6, 6.07) is 7.35. The van der Waals surface area contributed by atoms with E-state index in [4.69, 9.17) is 4.74 Å². The molecule has 0 radical (unpaired) electrons. The number of hydrogen-bond acceptors (Lipinski definition) is 2. The van der Waals surface area contributed by atoms with E-state index < -0.39 is 0 Å². The Morgan fingerprint density at radius 3 is 2.57 bits per heavy atom. The highest BCUT2D eigenvalue weighted by Crippen LogP contribution is 2.13. The smallest absolute Gasteiger partial charge is 0.308 e. The largest absolute Gasteiger partial charge is 0.427 e. The van der Waals surface area contributed by atoms with Crippen LogP contribution >= 0.6 is 15.9 Å². The van der Waals surface area contributed by atoms with Crippen LogP contribution in [0.3, 0.4) is 0 Å². The number of carbonyl (C=O) groups excluding carboxylic acids is 1. The molecular weight excluding hydrogens is 244 g/mol. The standard InChI is InChI=1S/C11H11BrO2/c1-9(13)14-11-6-4-10(5-7-11)3-2-8-12/h2-7H,8H2,1H3. The molecule has 14 heavy (non-hydrogen) atoms. The van der Waals surface area contributed by atoms with Crippen molar-refractivity contribution in [2.45, 2.75) is 6.92 Å². The summed E-state index contributed by atoms with van der Waals surface area (Å²) in [5.74, 6) is 0.280. The third-order valence-electron chi connectivity index (χ3n) is 1.54. The lowest BCUT2D eigenvalue weighted by atomic mass is 10.2. The average Bonchev–Trinajstić information content (AvgIpc) is 2.16. The Bertz CT molecular complexity index is 328. The van der Waals surface area contributed by atoms with E-state index in [1.54, 1.807) is 12.1 Å². The van der Waals surface area contributed by atoms with E-state index in [1.807, 2.05) is 24.3 Å². The van der Waals surface area contributed by atoms with Gasteiger partial charge in [0, 0.05) is 12.3 Å². The van der Waals surface area contributed by atoms with E-state index in [0.717, 1.165) is 10.9 Å². The maximum Gasteiger partial charge on any atom is 0.308 e. The van der Waals surface area contributed by atoms with E-state index in [9.17, 15) is 4.79 Å². The lowest BCUT2D eigenvalue weighted by molar-refractivity contribution is -0.131. The summed E-state index contributed by atoms with van der Waals surface area (Å²) in [6.07, 6.45) is 3.99. The zero-order valence-corrected chi connectivity index (χ0v) is 9.45. The van der Waals surface area contributed by atoms with Crippen LogP contribution in [0.5, 0.6) is 5.75 Å². The topological polar surface area (TPSA) is 26.3 Å². The van der Waals surface area contributed by atoms with Gasteiger partial charge in [0.05, 0.1) is 0 Å². The van der Waals surface area contributed by atoms with Crippen molar-refractivity contribution in [3.05, 3.63) is 35.9 Å². The molecule has 0 N–H and O–H groups in total. The molecule has 1 aromatic rings. The monoisotopic (exact) mass is 254 g/mol. The summed E-state index contributed by atoms with van der Waals surface area (Å²) in [4.78, 5) is 10.6. The van der Waals surface area contributed by atoms with Crippen LogP contribution in [0.4, 0.5) is 0 Å². The highest BCUT2D eigenvalue weighted by Gasteiger charge is 1.96. The molecule has 0 heterocycles. The van der Waals surface area contributed by atoms with Crippen LogP contribution in [0.15, 0.2) is 30.3 Å². The van der Waals surface area contributed by atoms with Gasteiger partial charge < -0.3 is 4.74 Å². The zero-order chi connectivity index (χ0) is 10.4. The third kappa shape index (κ3) is 3.75. The van der Waals surface area contributed by atoms with Crippen LogP contribution in [-0.2, 0) is 4.79 Å². The van der Waals surface area contributed by atoms with Crippen LogP contribution in [0.25, 0.3) is 6.08 Å². The zero-order valence-electron chi connectivity index (χ0n) is 7.87. The van der Waals surface area contributed by atoms with Crippen LogP contribution < -0.4 is 4.74 Å². The number of hydrogen-bond donors (Lipinski definition) is 0. The number of carbonyl (C=O) groups is 1. The average molecular weight is 255 g/mol. The molecule has 0 aliphatic heterocycles. The van der Waals surface area contributed by atoms with Crippen LogP contribution in [0.2, 0.25) is 0 Å². The SMILES string of the molecule is CC(=O)Oc1ccc(C=CCBr)cc1. The quantitative estimate of drug-likeness (QED) is 0.471. The van der Waals surface area contributed by atoms with Crippen molar-refractivity contribution in [1.82, 2.24) is 0 Å². The number of alkyl halides is 1. The van der Waals surface area contributed by atoms with Crippen molar-refractivity contribution in [3.8, 4) is 5.75 Å². The molecule has 0 unspecified atom stereocenters. The third-order valence-corrected chi connectivity index (χ3v) is 1.91. The minimum atomic E-state index is -0.297. The maximum atomic E-state index is 10.6. The molecule has 1 aromatic carbocycles. The Labute approximate surface area is 91.7 Å². The second-order valence-electron chi connectivity index (χ2n) is 2.72. The summed E-state index contributed by atoms with van der Waals surface area (Å²) in [5, 5.41) is 0.832. The molecule has 0 amide bonds. The fourth-order valence-electron chi connectivity index (χ4n) is 0.994. The molecule has 0 fully saturated rings. The lowest BCUT2D eigenvalue weighted by Crippen LogP contribution is -2.00. The fourth-order valence-corrected chi connectivity index (χ4v) is 1.18. The number of halogens is 1. The first-order valence-corrected chi connectivity index (χ1v) is 5.35. The molecule has 1 rings (SSSR count). The van der Waals surface area contributed by atoms with E-state index in [1.165, 1.54) is 6.92 Å². The number of rotatable bonds is 3. The van der Waals surface area contributed by atoms with Gasteiger partial charge in [-0.15, -0.1) is 0 Å². The Morgan fingerprint density at radius 2 is 2.07 bits per heavy atom. The Kier molecular flexibility index (Phi) is 4.40. The van der Waals surface area contributed by atoms with E-state index in [2.05, 4.69) is 15.9 Å². The molecule has 0 spiro atoms. The summed E-state index contributed by atoms with van der Waals surface area (Å²) in [5.41, 5.74) is 1.08. The first-order valence-electron chi connectivity index (χ1n) is 4.23. The Hall–Kier alpha value is -1.09. The molecule has 0 bridgehead atoms. The predicted octanol–water partition coefficient (Wildman–Crippen LogP) is 3.02. The van der Waals surface area contributed by atoms with Gasteiger partial charge in [0.1, 0.15) is 5.75 Å². The highest BCUT2D eigenvalue weighted by molar-refractivity contribution is 9.09. The van der Waals surface area contributed by atoms with Crippen LogP contribution in [-0.4, -0.2) is 11.3 Å². The van der Waals surface area contributed by atoms with Crippen molar-refractivity contribution in [1.29, 1.82) is 0 Å². The predicted molar refractivity (Wildman–Crippen MR) is 60.6 cm³/mol. The van der Waals surface area contributed by atoms with E-state index in [0.29, 0.717) is 5.75 Å². The molecule has 0 saturated carbocycles. The molecule has 0 aromatic heterocycles. The van der Waals surface area contributed by atoms with Crippen LogP contribution in [0.1, 0.15) is 12.5 Å². The van der Waals surface area contributed by atoms with Gasteiger partial charge in [0.15, 0.2) is 0 Å². The van der Waals surface area contributed by atoms with Crippen LogP contribution in [0, 0.1) is 0 Å². The van der Waals surface area contributed by atoms with Crippen molar-refractivity contribution < 1.29 is 9.53 Å². The number of esters is 1. The second-order valence-corrected chi connectivity index (χ2v) is 3.37. The molecular formula is C11H11BrO2. The molecule has 74 valence electrons. The van der Waals surface area contributed by atoms with Gasteiger partial charge in [-0.2, -0.15) is 0 Å². The second kappa shape index (κ2) is 5.60. The first-order chi connectivity index (χ1) is 6.72. The first kappa shape index (κ1) is 11.0. The fraction of sp³-hybridized carbons (Fsp3) is 0.182.